The molecule has 3 rings (SSSR count). The Balaban J connectivity index is 1.54. The van der Waals surface area contributed by atoms with Crippen molar-refractivity contribution in [3.8, 4) is 5.75 Å². The van der Waals surface area contributed by atoms with Crippen molar-refractivity contribution >= 4 is 11.7 Å². The topological polar surface area (TPSA) is 67.3 Å². The van der Waals surface area contributed by atoms with Gasteiger partial charge in [0.1, 0.15) is 23.6 Å². The fourth-order valence-corrected chi connectivity index (χ4v) is 3.24. The van der Waals surface area contributed by atoms with Crippen LogP contribution in [0.15, 0.2) is 36.7 Å². The molecule has 1 aliphatic rings. The zero-order valence-corrected chi connectivity index (χ0v) is 15.4. The molecule has 1 aliphatic heterocycles. The highest BCUT2D eigenvalue weighted by Crippen LogP contribution is 2.21. The molecule has 0 radical (unpaired) electrons. The number of nitrogens with one attached hydrogen (secondary N) is 1. The summed E-state index contributed by atoms with van der Waals surface area (Å²) in [7, 11) is 1.65. The summed E-state index contributed by atoms with van der Waals surface area (Å²) >= 11 is 0. The first-order valence-corrected chi connectivity index (χ1v) is 9.14. The van der Waals surface area contributed by atoms with E-state index in [9.17, 15) is 4.79 Å². The Morgan fingerprint density at radius 3 is 2.85 bits per heavy atom. The van der Waals surface area contributed by atoms with Crippen molar-refractivity contribution in [2.75, 3.05) is 31.6 Å². The molecule has 1 aromatic carbocycles. The van der Waals surface area contributed by atoms with Gasteiger partial charge in [-0.1, -0.05) is 19.1 Å². The summed E-state index contributed by atoms with van der Waals surface area (Å²) in [6.07, 6.45) is 4.65. The van der Waals surface area contributed by atoms with Crippen LogP contribution in [0.25, 0.3) is 0 Å². The van der Waals surface area contributed by atoms with Gasteiger partial charge in [0, 0.05) is 25.7 Å². The predicted molar refractivity (Wildman–Crippen MR) is 102 cm³/mol. The summed E-state index contributed by atoms with van der Waals surface area (Å²) in [6.45, 7) is 4.78. The second-order valence-electron chi connectivity index (χ2n) is 6.81. The van der Waals surface area contributed by atoms with Crippen molar-refractivity contribution in [1.29, 1.82) is 0 Å². The average molecular weight is 354 g/mol. The third-order valence-electron chi connectivity index (χ3n) is 4.72. The van der Waals surface area contributed by atoms with Crippen molar-refractivity contribution in [1.82, 2.24) is 15.3 Å². The van der Waals surface area contributed by atoms with Crippen LogP contribution in [-0.4, -0.2) is 42.6 Å². The van der Waals surface area contributed by atoms with Crippen LogP contribution in [0.5, 0.6) is 5.75 Å². The molecule has 2 aromatic rings. The molecule has 1 unspecified atom stereocenters. The number of hydrogen-bond donors (Lipinski definition) is 1. The van der Waals surface area contributed by atoms with E-state index >= 15 is 0 Å². The number of aromatic nitrogens is 2. The molecule has 26 heavy (non-hydrogen) atoms. The van der Waals surface area contributed by atoms with Crippen LogP contribution in [0.2, 0.25) is 0 Å². The van der Waals surface area contributed by atoms with Gasteiger partial charge in [0.05, 0.1) is 7.11 Å². The molecule has 6 nitrogen and oxygen atoms in total. The fourth-order valence-electron chi connectivity index (χ4n) is 3.24. The molecule has 2 heterocycles. The van der Waals surface area contributed by atoms with Crippen LogP contribution >= 0.6 is 0 Å². The number of amides is 1. The molecule has 1 amide bonds. The van der Waals surface area contributed by atoms with Crippen LogP contribution in [0, 0.1) is 5.92 Å². The molecule has 0 spiro atoms. The summed E-state index contributed by atoms with van der Waals surface area (Å²) in [4.78, 5) is 23.1. The Bertz CT molecular complexity index is 733. The highest BCUT2D eigenvalue weighted by Gasteiger charge is 2.19. The first-order chi connectivity index (χ1) is 12.7. The number of benzene rings is 1. The SMILES string of the molecule is COc1ccc(CCNC(=O)c2cc(N3CCCC(C)C3)ncn2)cc1. The zero-order valence-electron chi connectivity index (χ0n) is 15.4. The van der Waals surface area contributed by atoms with Crippen LogP contribution in [0.3, 0.4) is 0 Å². The minimum absolute atomic E-state index is 0.160. The third kappa shape index (κ3) is 4.71. The van der Waals surface area contributed by atoms with Gasteiger partial charge in [-0.3, -0.25) is 4.79 Å². The quantitative estimate of drug-likeness (QED) is 0.864. The first kappa shape index (κ1) is 18.2. The summed E-state index contributed by atoms with van der Waals surface area (Å²) in [5.74, 6) is 2.16. The van der Waals surface area contributed by atoms with Crippen molar-refractivity contribution in [3.63, 3.8) is 0 Å². The number of rotatable bonds is 6. The zero-order chi connectivity index (χ0) is 18.4. The Labute approximate surface area is 154 Å². The second-order valence-corrected chi connectivity index (χ2v) is 6.81. The van der Waals surface area contributed by atoms with E-state index in [1.54, 1.807) is 13.2 Å². The molecule has 6 heteroatoms. The van der Waals surface area contributed by atoms with Crippen LogP contribution in [-0.2, 0) is 6.42 Å². The maximum Gasteiger partial charge on any atom is 0.270 e. The number of carbonyl (C=O) groups is 1. The number of hydrogen-bond acceptors (Lipinski definition) is 5. The Hall–Kier alpha value is -2.63. The number of methoxy groups -OCH3 is 1. The van der Waals surface area contributed by atoms with Crippen molar-refractivity contribution in [3.05, 3.63) is 47.9 Å². The van der Waals surface area contributed by atoms with Gasteiger partial charge in [0.15, 0.2) is 0 Å². The molecule has 1 N–H and O–H groups in total. The molecule has 1 atom stereocenters. The predicted octanol–water partition coefficient (Wildman–Crippen LogP) is 2.69. The summed E-state index contributed by atoms with van der Waals surface area (Å²) < 4.78 is 5.15. The van der Waals surface area contributed by atoms with E-state index < -0.39 is 0 Å². The molecule has 1 aromatic heterocycles. The number of carbonyl (C=O) groups excluding carboxylic acids is 1. The molecule has 0 saturated carbocycles. The van der Waals surface area contributed by atoms with E-state index in [0.717, 1.165) is 43.1 Å². The lowest BCUT2D eigenvalue weighted by atomic mass is 10.0. The van der Waals surface area contributed by atoms with E-state index in [2.05, 4.69) is 27.1 Å². The van der Waals surface area contributed by atoms with Gasteiger partial charge in [-0.25, -0.2) is 9.97 Å². The maximum atomic E-state index is 12.4. The normalized spacial score (nSPS) is 17.0. The van der Waals surface area contributed by atoms with Crippen LogP contribution < -0.4 is 15.0 Å². The lowest BCUT2D eigenvalue weighted by Gasteiger charge is -2.31. The van der Waals surface area contributed by atoms with E-state index in [1.807, 2.05) is 24.3 Å². The van der Waals surface area contributed by atoms with Crippen LogP contribution in [0.4, 0.5) is 5.82 Å². The standard InChI is InChI=1S/C20H26N4O2/c1-15-4-3-11-24(13-15)19-12-18(22-14-23-19)20(25)21-10-9-16-5-7-17(26-2)8-6-16/h5-8,12,14-15H,3-4,9-11,13H2,1-2H3,(H,21,25). The van der Waals surface area contributed by atoms with Gasteiger partial charge < -0.3 is 15.0 Å². The minimum Gasteiger partial charge on any atom is -0.497 e. The van der Waals surface area contributed by atoms with E-state index in [4.69, 9.17) is 4.74 Å². The third-order valence-corrected chi connectivity index (χ3v) is 4.72. The summed E-state index contributed by atoms with van der Waals surface area (Å²) in [5.41, 5.74) is 1.57. The molecule has 138 valence electrons. The number of piperidine rings is 1. The van der Waals surface area contributed by atoms with Gasteiger partial charge in [-0.15, -0.1) is 0 Å². The van der Waals surface area contributed by atoms with E-state index in [0.29, 0.717) is 18.2 Å². The summed E-state index contributed by atoms with van der Waals surface area (Å²) in [5, 5.41) is 2.94. The van der Waals surface area contributed by atoms with Gasteiger partial charge in [-0.05, 0) is 42.9 Å². The lowest BCUT2D eigenvalue weighted by molar-refractivity contribution is 0.0949. The van der Waals surface area contributed by atoms with Crippen molar-refractivity contribution in [2.45, 2.75) is 26.2 Å². The molecule has 0 bridgehead atoms. The smallest absolute Gasteiger partial charge is 0.270 e. The van der Waals surface area contributed by atoms with Crippen molar-refractivity contribution in [2.24, 2.45) is 5.92 Å². The first-order valence-electron chi connectivity index (χ1n) is 9.14. The molecule has 0 aliphatic carbocycles. The number of ether oxygens (including phenoxy) is 1. The average Bonchev–Trinajstić information content (AvgIpc) is 2.68. The minimum atomic E-state index is -0.160. The van der Waals surface area contributed by atoms with E-state index in [1.165, 1.54) is 12.7 Å². The fraction of sp³-hybridized carbons (Fsp3) is 0.450. The number of nitrogens with zero attached hydrogens (tertiary/aromatic N) is 3. The molecule has 1 saturated heterocycles. The van der Waals surface area contributed by atoms with E-state index in [-0.39, 0.29) is 5.91 Å². The maximum absolute atomic E-state index is 12.4. The van der Waals surface area contributed by atoms with Gasteiger partial charge in [0.2, 0.25) is 0 Å². The molecular formula is C20H26N4O2. The van der Waals surface area contributed by atoms with Gasteiger partial charge in [-0.2, -0.15) is 0 Å². The van der Waals surface area contributed by atoms with Crippen molar-refractivity contribution < 1.29 is 9.53 Å². The second kappa shape index (κ2) is 8.65. The Kier molecular flexibility index (Phi) is 6.04. The lowest BCUT2D eigenvalue weighted by Crippen LogP contribution is -2.35. The number of anilines is 1. The van der Waals surface area contributed by atoms with Gasteiger partial charge >= 0.3 is 0 Å². The summed E-state index contributed by atoms with van der Waals surface area (Å²) in [6, 6.07) is 9.65. The highest BCUT2D eigenvalue weighted by molar-refractivity contribution is 5.92. The Morgan fingerprint density at radius 2 is 2.12 bits per heavy atom. The van der Waals surface area contributed by atoms with Crippen LogP contribution in [0.1, 0.15) is 35.8 Å². The monoisotopic (exact) mass is 354 g/mol. The largest absolute Gasteiger partial charge is 0.497 e. The highest BCUT2D eigenvalue weighted by atomic mass is 16.5. The molecule has 1 fully saturated rings. The molecular weight excluding hydrogens is 328 g/mol. The Morgan fingerprint density at radius 1 is 1.31 bits per heavy atom. The van der Waals surface area contributed by atoms with Gasteiger partial charge in [0.25, 0.3) is 5.91 Å².